The molecule has 0 aliphatic rings. The molecule has 0 unspecified atom stereocenters. The minimum atomic E-state index is 0.390. The number of ether oxygens (including phenoxy) is 3. The molecule has 2 aromatic rings. The lowest BCUT2D eigenvalue weighted by atomic mass is 10.1. The van der Waals surface area contributed by atoms with Crippen molar-refractivity contribution < 1.29 is 19.0 Å². The zero-order valence-electron chi connectivity index (χ0n) is 20.6. The van der Waals surface area contributed by atoms with Crippen molar-refractivity contribution in [3.8, 4) is 17.5 Å². The minimum absolute atomic E-state index is 0.390. The highest BCUT2D eigenvalue weighted by Crippen LogP contribution is 2.28. The minimum Gasteiger partial charge on any atom is -0.493 e. The fourth-order valence-corrected chi connectivity index (χ4v) is 3.30. The molecule has 0 atom stereocenters. The SMILES string of the molecule is C/C=C/COc1cc(C)c(OCCCCCCCOc2ncc(C(C)=NOC)cn2)c(C)c1. The van der Waals surface area contributed by atoms with Gasteiger partial charge in [-0.25, -0.2) is 9.97 Å². The summed E-state index contributed by atoms with van der Waals surface area (Å²) in [6.07, 6.45) is 12.7. The van der Waals surface area contributed by atoms with Crippen LogP contribution in [-0.2, 0) is 4.84 Å². The van der Waals surface area contributed by atoms with Crippen LogP contribution in [0, 0.1) is 13.8 Å². The number of hydrogen-bond acceptors (Lipinski definition) is 7. The number of oxime groups is 1. The number of aromatic nitrogens is 2. The maximum absolute atomic E-state index is 6.05. The topological polar surface area (TPSA) is 75.1 Å². The summed E-state index contributed by atoms with van der Waals surface area (Å²) in [6, 6.07) is 4.47. The van der Waals surface area contributed by atoms with E-state index < -0.39 is 0 Å². The van der Waals surface area contributed by atoms with Crippen LogP contribution >= 0.6 is 0 Å². The molecule has 2 rings (SSSR count). The van der Waals surface area contributed by atoms with Gasteiger partial charge in [0.1, 0.15) is 25.2 Å². The average molecular weight is 456 g/mol. The van der Waals surface area contributed by atoms with Gasteiger partial charge in [-0.15, -0.1) is 0 Å². The van der Waals surface area contributed by atoms with Crippen LogP contribution in [0.3, 0.4) is 0 Å². The molecule has 7 nitrogen and oxygen atoms in total. The first-order valence-electron chi connectivity index (χ1n) is 11.6. The van der Waals surface area contributed by atoms with Crippen molar-refractivity contribution in [3.05, 3.63) is 53.4 Å². The van der Waals surface area contributed by atoms with E-state index >= 15 is 0 Å². The normalized spacial score (nSPS) is 11.6. The number of hydrogen-bond donors (Lipinski definition) is 0. The van der Waals surface area contributed by atoms with Crippen molar-refractivity contribution in [2.75, 3.05) is 26.9 Å². The van der Waals surface area contributed by atoms with Crippen molar-refractivity contribution in [1.82, 2.24) is 9.97 Å². The molecule has 0 saturated heterocycles. The summed E-state index contributed by atoms with van der Waals surface area (Å²) >= 11 is 0. The molecule has 1 aromatic carbocycles. The zero-order chi connectivity index (χ0) is 23.9. The van der Waals surface area contributed by atoms with Gasteiger partial charge in [0.05, 0.1) is 18.9 Å². The van der Waals surface area contributed by atoms with Gasteiger partial charge < -0.3 is 19.0 Å². The first-order chi connectivity index (χ1) is 16.0. The molecule has 0 radical (unpaired) electrons. The Morgan fingerprint density at radius 1 is 0.909 bits per heavy atom. The van der Waals surface area contributed by atoms with E-state index in [4.69, 9.17) is 19.0 Å². The second-order valence-corrected chi connectivity index (χ2v) is 7.84. The number of aryl methyl sites for hydroxylation is 2. The molecule has 0 N–H and O–H groups in total. The van der Waals surface area contributed by atoms with E-state index in [9.17, 15) is 0 Å². The number of nitrogens with zero attached hydrogens (tertiary/aromatic N) is 3. The summed E-state index contributed by atoms with van der Waals surface area (Å²) in [7, 11) is 1.51. The molecular formula is C26H37N3O4. The van der Waals surface area contributed by atoms with Gasteiger partial charge in [0.25, 0.3) is 0 Å². The quantitative estimate of drug-likeness (QED) is 0.146. The fraction of sp³-hybridized carbons (Fsp3) is 0.500. The predicted octanol–water partition coefficient (Wildman–Crippen LogP) is 5.83. The van der Waals surface area contributed by atoms with Crippen LogP contribution in [0.4, 0.5) is 0 Å². The predicted molar refractivity (Wildman–Crippen MR) is 132 cm³/mol. The average Bonchev–Trinajstić information content (AvgIpc) is 2.80. The highest BCUT2D eigenvalue weighted by molar-refractivity contribution is 5.97. The van der Waals surface area contributed by atoms with Crippen LogP contribution in [0.25, 0.3) is 0 Å². The standard InChI is InChI=1S/C26H37N3O4/c1-6-7-13-31-24-16-20(2)25(21(3)17-24)32-14-11-9-8-10-12-15-33-26-27-18-23(19-28-26)22(4)29-30-5/h6-7,16-19H,8-15H2,1-5H3/b7-6+,29-22?. The van der Waals surface area contributed by atoms with E-state index in [1.54, 1.807) is 12.4 Å². The van der Waals surface area contributed by atoms with E-state index in [2.05, 4.69) is 29.0 Å². The van der Waals surface area contributed by atoms with Gasteiger partial charge in [-0.2, -0.15) is 0 Å². The molecule has 0 saturated carbocycles. The Hall–Kier alpha value is -3.09. The van der Waals surface area contributed by atoms with E-state index in [1.807, 2.05) is 38.1 Å². The third kappa shape index (κ3) is 9.51. The van der Waals surface area contributed by atoms with Gasteiger partial charge in [0.15, 0.2) is 0 Å². The maximum atomic E-state index is 6.05. The number of rotatable bonds is 15. The summed E-state index contributed by atoms with van der Waals surface area (Å²) in [4.78, 5) is 13.2. The summed E-state index contributed by atoms with van der Waals surface area (Å²) in [6.45, 7) is 9.89. The molecule has 0 spiro atoms. The van der Waals surface area contributed by atoms with Crippen LogP contribution in [0.15, 0.2) is 41.8 Å². The first-order valence-corrected chi connectivity index (χ1v) is 11.6. The molecule has 7 heteroatoms. The van der Waals surface area contributed by atoms with Gasteiger partial charge in [0.2, 0.25) is 0 Å². The number of allylic oxidation sites excluding steroid dienone is 1. The van der Waals surface area contributed by atoms with Gasteiger partial charge >= 0.3 is 6.01 Å². The first kappa shape index (κ1) is 26.2. The van der Waals surface area contributed by atoms with Crippen LogP contribution in [0.2, 0.25) is 0 Å². The van der Waals surface area contributed by atoms with E-state index in [0.29, 0.717) is 19.2 Å². The Kier molecular flexibility index (Phi) is 11.8. The summed E-state index contributed by atoms with van der Waals surface area (Å²) < 4.78 is 17.4. The van der Waals surface area contributed by atoms with E-state index in [0.717, 1.165) is 72.6 Å². The van der Waals surface area contributed by atoms with Crippen LogP contribution in [0.5, 0.6) is 17.5 Å². The smallest absolute Gasteiger partial charge is 0.316 e. The van der Waals surface area contributed by atoms with Crippen LogP contribution in [-0.4, -0.2) is 42.6 Å². The summed E-state index contributed by atoms with van der Waals surface area (Å²) in [5.41, 5.74) is 3.76. The fourth-order valence-electron chi connectivity index (χ4n) is 3.30. The lowest BCUT2D eigenvalue weighted by Gasteiger charge is -2.14. The molecule has 33 heavy (non-hydrogen) atoms. The Morgan fingerprint density at radius 3 is 2.12 bits per heavy atom. The number of unbranched alkanes of at least 4 members (excludes halogenated alkanes) is 4. The van der Waals surface area contributed by atoms with Gasteiger partial charge in [-0.3, -0.25) is 0 Å². The Morgan fingerprint density at radius 2 is 1.52 bits per heavy atom. The van der Waals surface area contributed by atoms with Crippen molar-refractivity contribution in [3.63, 3.8) is 0 Å². The highest BCUT2D eigenvalue weighted by Gasteiger charge is 2.07. The van der Waals surface area contributed by atoms with E-state index in [-0.39, 0.29) is 0 Å². The largest absolute Gasteiger partial charge is 0.493 e. The lowest BCUT2D eigenvalue weighted by molar-refractivity contribution is 0.213. The Bertz CT molecular complexity index is 872. The third-order valence-electron chi connectivity index (χ3n) is 5.06. The molecular weight excluding hydrogens is 418 g/mol. The van der Waals surface area contributed by atoms with Crippen molar-refractivity contribution in [2.45, 2.75) is 59.8 Å². The number of benzene rings is 1. The van der Waals surface area contributed by atoms with Crippen LogP contribution in [0.1, 0.15) is 62.6 Å². The highest BCUT2D eigenvalue weighted by atomic mass is 16.6. The second kappa shape index (κ2) is 14.9. The second-order valence-electron chi connectivity index (χ2n) is 7.84. The Labute approximate surface area is 197 Å². The van der Waals surface area contributed by atoms with Gasteiger partial charge in [-0.05, 0) is 63.8 Å². The Balaban J connectivity index is 1.58. The monoisotopic (exact) mass is 455 g/mol. The third-order valence-corrected chi connectivity index (χ3v) is 5.06. The lowest BCUT2D eigenvalue weighted by Crippen LogP contribution is -2.04. The molecule has 0 fully saturated rings. The van der Waals surface area contributed by atoms with Gasteiger partial charge in [0, 0.05) is 18.0 Å². The van der Waals surface area contributed by atoms with Crippen molar-refractivity contribution in [1.29, 1.82) is 0 Å². The molecule has 0 aliphatic heterocycles. The molecule has 0 amide bonds. The molecule has 0 bridgehead atoms. The summed E-state index contributed by atoms with van der Waals surface area (Å²) in [5.74, 6) is 1.85. The molecule has 0 aliphatic carbocycles. The maximum Gasteiger partial charge on any atom is 0.316 e. The molecule has 1 heterocycles. The summed E-state index contributed by atoms with van der Waals surface area (Å²) in [5, 5.41) is 3.86. The van der Waals surface area contributed by atoms with Crippen molar-refractivity contribution >= 4 is 5.71 Å². The van der Waals surface area contributed by atoms with Gasteiger partial charge in [-0.1, -0.05) is 36.6 Å². The zero-order valence-corrected chi connectivity index (χ0v) is 20.6. The molecule has 180 valence electrons. The van der Waals surface area contributed by atoms with Crippen LogP contribution < -0.4 is 14.2 Å². The van der Waals surface area contributed by atoms with Crippen molar-refractivity contribution in [2.24, 2.45) is 5.16 Å². The van der Waals surface area contributed by atoms with E-state index in [1.165, 1.54) is 7.11 Å². The molecule has 1 aromatic heterocycles.